The third kappa shape index (κ3) is 1.95. The number of benzene rings is 1. The second kappa shape index (κ2) is 4.09. The summed E-state index contributed by atoms with van der Waals surface area (Å²) in [6.07, 6.45) is 1.75. The maximum atomic E-state index is 8.87. The number of nitrogens with zero attached hydrogens (tertiary/aromatic N) is 1. The third-order valence-electron chi connectivity index (χ3n) is 1.80. The van der Waals surface area contributed by atoms with Gasteiger partial charge in [0.1, 0.15) is 5.01 Å². The predicted molar refractivity (Wildman–Crippen MR) is 58.5 cm³/mol. The van der Waals surface area contributed by atoms with E-state index in [0.29, 0.717) is 5.02 Å². The molecule has 0 spiro atoms. The first kappa shape index (κ1) is 9.65. The van der Waals surface area contributed by atoms with Gasteiger partial charge in [0.05, 0.1) is 11.5 Å². The van der Waals surface area contributed by atoms with Crippen LogP contribution in [-0.4, -0.2) is 10.1 Å². The number of thiazole rings is 1. The minimum absolute atomic E-state index is 0.00870. The number of aliphatic hydroxyl groups excluding tert-OH is 1. The van der Waals surface area contributed by atoms with Gasteiger partial charge in [0, 0.05) is 11.2 Å². The van der Waals surface area contributed by atoms with E-state index in [1.807, 2.05) is 24.3 Å². The molecule has 14 heavy (non-hydrogen) atoms. The molecular weight excluding hydrogens is 218 g/mol. The molecule has 0 unspecified atom stereocenters. The Morgan fingerprint density at radius 2 is 2.29 bits per heavy atom. The molecule has 0 fully saturated rings. The minimum atomic E-state index is -0.00870. The van der Waals surface area contributed by atoms with E-state index in [2.05, 4.69) is 4.98 Å². The first-order chi connectivity index (χ1) is 6.79. The third-order valence-corrected chi connectivity index (χ3v) is 3.06. The number of rotatable bonds is 2. The lowest BCUT2D eigenvalue weighted by atomic mass is 10.2. The molecule has 0 aliphatic carbocycles. The van der Waals surface area contributed by atoms with Gasteiger partial charge in [-0.05, 0) is 17.7 Å². The van der Waals surface area contributed by atoms with Gasteiger partial charge < -0.3 is 5.11 Å². The van der Waals surface area contributed by atoms with Crippen LogP contribution in [0.3, 0.4) is 0 Å². The van der Waals surface area contributed by atoms with E-state index in [1.54, 1.807) is 6.20 Å². The largest absolute Gasteiger partial charge is 0.389 e. The van der Waals surface area contributed by atoms with Gasteiger partial charge in [0.2, 0.25) is 0 Å². The fourth-order valence-electron chi connectivity index (χ4n) is 1.16. The van der Waals surface area contributed by atoms with E-state index in [1.165, 1.54) is 11.3 Å². The van der Waals surface area contributed by atoms with Crippen LogP contribution >= 0.6 is 22.9 Å². The van der Waals surface area contributed by atoms with Crippen LogP contribution in [-0.2, 0) is 6.61 Å². The Labute approximate surface area is 90.8 Å². The molecule has 4 heteroatoms. The predicted octanol–water partition coefficient (Wildman–Crippen LogP) is 2.96. The molecule has 1 heterocycles. The van der Waals surface area contributed by atoms with Gasteiger partial charge in [-0.2, -0.15) is 0 Å². The van der Waals surface area contributed by atoms with Crippen molar-refractivity contribution in [1.29, 1.82) is 0 Å². The first-order valence-electron chi connectivity index (χ1n) is 4.11. The highest BCUT2D eigenvalue weighted by Gasteiger charge is 2.03. The van der Waals surface area contributed by atoms with Gasteiger partial charge in [-0.1, -0.05) is 23.7 Å². The molecule has 1 aromatic carbocycles. The van der Waals surface area contributed by atoms with E-state index >= 15 is 0 Å². The molecule has 0 bridgehead atoms. The summed E-state index contributed by atoms with van der Waals surface area (Å²) in [5.74, 6) is 0. The van der Waals surface area contributed by atoms with E-state index < -0.39 is 0 Å². The summed E-state index contributed by atoms with van der Waals surface area (Å²) in [6.45, 7) is -0.00870. The van der Waals surface area contributed by atoms with Gasteiger partial charge in [-0.25, -0.2) is 4.98 Å². The molecule has 2 rings (SSSR count). The summed E-state index contributed by atoms with van der Waals surface area (Å²) in [4.78, 5) is 5.09. The number of hydrogen-bond acceptors (Lipinski definition) is 3. The zero-order valence-electron chi connectivity index (χ0n) is 7.27. The monoisotopic (exact) mass is 225 g/mol. The fraction of sp³-hybridized carbons (Fsp3) is 0.100. The number of hydrogen-bond donors (Lipinski definition) is 1. The Balaban J connectivity index is 2.39. The van der Waals surface area contributed by atoms with E-state index in [0.717, 1.165) is 15.4 Å². The van der Waals surface area contributed by atoms with Crippen LogP contribution in [0.5, 0.6) is 0 Å². The van der Waals surface area contributed by atoms with Gasteiger partial charge in [-0.15, -0.1) is 11.3 Å². The van der Waals surface area contributed by atoms with Crippen molar-refractivity contribution in [2.24, 2.45) is 0 Å². The summed E-state index contributed by atoms with van der Waals surface area (Å²) >= 11 is 7.35. The van der Waals surface area contributed by atoms with Crippen LogP contribution in [0.25, 0.3) is 10.4 Å². The van der Waals surface area contributed by atoms with Crippen molar-refractivity contribution in [3.63, 3.8) is 0 Å². The highest BCUT2D eigenvalue weighted by atomic mass is 35.5. The van der Waals surface area contributed by atoms with Crippen molar-refractivity contribution in [3.8, 4) is 10.4 Å². The highest BCUT2D eigenvalue weighted by molar-refractivity contribution is 7.15. The van der Waals surface area contributed by atoms with Crippen LogP contribution in [0.2, 0.25) is 5.02 Å². The van der Waals surface area contributed by atoms with Crippen LogP contribution < -0.4 is 0 Å². The topological polar surface area (TPSA) is 33.1 Å². The SMILES string of the molecule is OCc1ncc(-c2cccc(Cl)c2)s1. The van der Waals surface area contributed by atoms with E-state index in [4.69, 9.17) is 16.7 Å². The lowest BCUT2D eigenvalue weighted by Gasteiger charge is -1.95. The molecule has 2 aromatic rings. The summed E-state index contributed by atoms with van der Waals surface area (Å²) in [5, 5.41) is 10.3. The van der Waals surface area contributed by atoms with Crippen molar-refractivity contribution in [3.05, 3.63) is 40.5 Å². The number of aliphatic hydroxyl groups is 1. The van der Waals surface area contributed by atoms with Crippen LogP contribution in [0.4, 0.5) is 0 Å². The van der Waals surface area contributed by atoms with Crippen molar-refractivity contribution < 1.29 is 5.11 Å². The van der Waals surface area contributed by atoms with Gasteiger partial charge in [0.15, 0.2) is 0 Å². The van der Waals surface area contributed by atoms with Crippen molar-refractivity contribution in [2.45, 2.75) is 6.61 Å². The molecule has 0 aliphatic heterocycles. The Hall–Kier alpha value is -0.900. The summed E-state index contributed by atoms with van der Waals surface area (Å²) in [7, 11) is 0. The molecule has 0 amide bonds. The zero-order chi connectivity index (χ0) is 9.97. The molecule has 0 atom stereocenters. The highest BCUT2D eigenvalue weighted by Crippen LogP contribution is 2.27. The lowest BCUT2D eigenvalue weighted by molar-refractivity contribution is 0.281. The lowest BCUT2D eigenvalue weighted by Crippen LogP contribution is -1.75. The second-order valence-corrected chi connectivity index (χ2v) is 4.34. The number of halogens is 1. The maximum Gasteiger partial charge on any atom is 0.119 e. The van der Waals surface area contributed by atoms with Crippen molar-refractivity contribution in [1.82, 2.24) is 4.98 Å². The van der Waals surface area contributed by atoms with Crippen molar-refractivity contribution in [2.75, 3.05) is 0 Å². The first-order valence-corrected chi connectivity index (χ1v) is 5.30. The normalized spacial score (nSPS) is 10.4. The smallest absolute Gasteiger partial charge is 0.119 e. The average Bonchev–Trinajstić information content (AvgIpc) is 2.66. The second-order valence-electron chi connectivity index (χ2n) is 2.79. The minimum Gasteiger partial charge on any atom is -0.389 e. The van der Waals surface area contributed by atoms with Crippen LogP contribution in [0.15, 0.2) is 30.5 Å². The molecule has 0 saturated carbocycles. The Morgan fingerprint density at radius 3 is 2.93 bits per heavy atom. The molecule has 0 aliphatic rings. The van der Waals surface area contributed by atoms with Gasteiger partial charge in [-0.3, -0.25) is 0 Å². The average molecular weight is 226 g/mol. The summed E-state index contributed by atoms with van der Waals surface area (Å²) in [5.41, 5.74) is 1.04. The van der Waals surface area contributed by atoms with Gasteiger partial charge >= 0.3 is 0 Å². The van der Waals surface area contributed by atoms with Gasteiger partial charge in [0.25, 0.3) is 0 Å². The number of aromatic nitrogens is 1. The quantitative estimate of drug-likeness (QED) is 0.853. The zero-order valence-corrected chi connectivity index (χ0v) is 8.85. The molecule has 1 N–H and O–H groups in total. The fourth-order valence-corrected chi connectivity index (χ4v) is 2.12. The summed E-state index contributed by atoms with van der Waals surface area (Å²) < 4.78 is 0. The molecule has 1 aromatic heterocycles. The molecular formula is C10H8ClNOS. The molecule has 2 nitrogen and oxygen atoms in total. The standard InChI is InChI=1S/C10H8ClNOS/c11-8-3-1-2-7(4-8)9-5-12-10(6-13)14-9/h1-5,13H,6H2. The van der Waals surface area contributed by atoms with Crippen molar-refractivity contribution >= 4 is 22.9 Å². The Bertz CT molecular complexity index is 441. The molecule has 0 saturated heterocycles. The Kier molecular flexibility index (Phi) is 2.82. The molecule has 72 valence electrons. The van der Waals surface area contributed by atoms with E-state index in [-0.39, 0.29) is 6.61 Å². The van der Waals surface area contributed by atoms with Crippen LogP contribution in [0, 0.1) is 0 Å². The van der Waals surface area contributed by atoms with E-state index in [9.17, 15) is 0 Å². The molecule has 0 radical (unpaired) electrons. The maximum absolute atomic E-state index is 8.87. The summed E-state index contributed by atoms with van der Waals surface area (Å²) in [6, 6.07) is 7.59. The Morgan fingerprint density at radius 1 is 1.43 bits per heavy atom. The van der Waals surface area contributed by atoms with Crippen LogP contribution in [0.1, 0.15) is 5.01 Å².